The van der Waals surface area contributed by atoms with Crippen molar-refractivity contribution in [3.8, 4) is 11.3 Å². The standard InChI is InChI=1S/C22H27FN2O4/c1-13-9-16(23)10-14(2)20(13)18-11-15(7-8-24-18)17(12-19(26)28-6)25-21(27)29-22(3,4)5/h7-11,17H,12H2,1-6H3,(H,25,27)/t17-/m0/s1. The first-order chi connectivity index (χ1) is 13.5. The van der Waals surface area contributed by atoms with Crippen LogP contribution in [-0.2, 0) is 14.3 Å². The van der Waals surface area contributed by atoms with Crippen molar-refractivity contribution in [1.29, 1.82) is 0 Å². The fraction of sp³-hybridized carbons (Fsp3) is 0.409. The van der Waals surface area contributed by atoms with E-state index in [2.05, 4.69) is 10.3 Å². The highest BCUT2D eigenvalue weighted by atomic mass is 19.1. The minimum atomic E-state index is -0.675. The van der Waals surface area contributed by atoms with E-state index in [0.717, 1.165) is 16.7 Å². The number of benzene rings is 1. The molecule has 0 aliphatic carbocycles. The largest absolute Gasteiger partial charge is 0.469 e. The predicted octanol–water partition coefficient (Wildman–Crippen LogP) is 4.63. The maximum atomic E-state index is 13.7. The molecule has 0 radical (unpaired) electrons. The van der Waals surface area contributed by atoms with E-state index in [-0.39, 0.29) is 12.2 Å². The fourth-order valence-electron chi connectivity index (χ4n) is 3.07. The van der Waals surface area contributed by atoms with E-state index in [1.807, 2.05) is 13.8 Å². The molecular weight excluding hydrogens is 375 g/mol. The molecule has 0 aliphatic rings. The van der Waals surface area contributed by atoms with Crippen molar-refractivity contribution in [2.45, 2.75) is 52.7 Å². The van der Waals surface area contributed by atoms with Gasteiger partial charge in [-0.05, 0) is 75.6 Å². The highest BCUT2D eigenvalue weighted by molar-refractivity contribution is 5.74. The van der Waals surface area contributed by atoms with Gasteiger partial charge in [0.25, 0.3) is 0 Å². The number of esters is 1. The number of aryl methyl sites for hydroxylation is 2. The van der Waals surface area contributed by atoms with Gasteiger partial charge in [-0.2, -0.15) is 0 Å². The zero-order valence-corrected chi connectivity index (χ0v) is 17.6. The Hall–Kier alpha value is -2.96. The van der Waals surface area contributed by atoms with Crippen LogP contribution in [0.25, 0.3) is 11.3 Å². The summed E-state index contributed by atoms with van der Waals surface area (Å²) >= 11 is 0. The molecule has 0 saturated carbocycles. The molecule has 1 atom stereocenters. The molecule has 29 heavy (non-hydrogen) atoms. The first-order valence-corrected chi connectivity index (χ1v) is 9.29. The third-order valence-electron chi connectivity index (χ3n) is 4.23. The van der Waals surface area contributed by atoms with Crippen molar-refractivity contribution < 1.29 is 23.5 Å². The summed E-state index contributed by atoms with van der Waals surface area (Å²) in [4.78, 5) is 28.6. The Kier molecular flexibility index (Phi) is 6.95. The number of aromatic nitrogens is 1. The number of nitrogens with zero attached hydrogens (tertiary/aromatic N) is 1. The Morgan fingerprint density at radius 2 is 1.79 bits per heavy atom. The molecule has 2 rings (SSSR count). The third kappa shape index (κ3) is 6.27. The lowest BCUT2D eigenvalue weighted by Crippen LogP contribution is -2.36. The van der Waals surface area contributed by atoms with E-state index in [1.54, 1.807) is 39.1 Å². The van der Waals surface area contributed by atoms with Gasteiger partial charge < -0.3 is 14.8 Å². The normalized spacial score (nSPS) is 12.2. The second-order valence-corrected chi connectivity index (χ2v) is 7.87. The van der Waals surface area contributed by atoms with Gasteiger partial charge in [0.05, 0.1) is 25.3 Å². The van der Waals surface area contributed by atoms with Crippen molar-refractivity contribution in [2.24, 2.45) is 0 Å². The number of halogens is 1. The van der Waals surface area contributed by atoms with Crippen molar-refractivity contribution in [2.75, 3.05) is 7.11 Å². The maximum Gasteiger partial charge on any atom is 0.408 e. The first kappa shape index (κ1) is 22.3. The van der Waals surface area contributed by atoms with Gasteiger partial charge in [0.1, 0.15) is 11.4 Å². The Morgan fingerprint density at radius 3 is 2.34 bits per heavy atom. The molecule has 0 saturated heterocycles. The van der Waals surface area contributed by atoms with Crippen LogP contribution in [0.3, 0.4) is 0 Å². The molecule has 1 N–H and O–H groups in total. The summed E-state index contributed by atoms with van der Waals surface area (Å²) in [6.45, 7) is 8.89. The van der Waals surface area contributed by atoms with Crippen LogP contribution in [0.15, 0.2) is 30.5 Å². The van der Waals surface area contributed by atoms with Crippen LogP contribution in [0.1, 0.15) is 49.9 Å². The van der Waals surface area contributed by atoms with Gasteiger partial charge in [-0.3, -0.25) is 9.78 Å². The number of hydrogen-bond donors (Lipinski definition) is 1. The van der Waals surface area contributed by atoms with Crippen LogP contribution < -0.4 is 5.32 Å². The van der Waals surface area contributed by atoms with E-state index >= 15 is 0 Å². The molecule has 7 heteroatoms. The molecule has 1 aromatic heterocycles. The zero-order valence-electron chi connectivity index (χ0n) is 17.6. The first-order valence-electron chi connectivity index (χ1n) is 9.29. The lowest BCUT2D eigenvalue weighted by atomic mass is 9.96. The molecule has 0 aliphatic heterocycles. The topological polar surface area (TPSA) is 77.5 Å². The minimum absolute atomic E-state index is 0.0689. The number of pyridine rings is 1. The predicted molar refractivity (Wildman–Crippen MR) is 108 cm³/mol. The highest BCUT2D eigenvalue weighted by Gasteiger charge is 2.24. The number of methoxy groups -OCH3 is 1. The van der Waals surface area contributed by atoms with Crippen molar-refractivity contribution >= 4 is 12.1 Å². The quantitative estimate of drug-likeness (QED) is 0.738. The van der Waals surface area contributed by atoms with Crippen molar-refractivity contribution in [1.82, 2.24) is 10.3 Å². The van der Waals surface area contributed by atoms with Crippen LogP contribution in [0, 0.1) is 19.7 Å². The number of rotatable bonds is 5. The van der Waals surface area contributed by atoms with Crippen LogP contribution in [0.4, 0.5) is 9.18 Å². The zero-order chi connectivity index (χ0) is 21.8. The summed E-state index contributed by atoms with van der Waals surface area (Å²) in [5.74, 6) is -0.784. The summed E-state index contributed by atoms with van der Waals surface area (Å²) in [6.07, 6.45) is 0.882. The Bertz CT molecular complexity index is 883. The van der Waals surface area contributed by atoms with Gasteiger partial charge in [0.15, 0.2) is 0 Å². The molecule has 1 heterocycles. The lowest BCUT2D eigenvalue weighted by Gasteiger charge is -2.24. The van der Waals surface area contributed by atoms with E-state index in [4.69, 9.17) is 9.47 Å². The number of hydrogen-bond acceptors (Lipinski definition) is 5. The third-order valence-corrected chi connectivity index (χ3v) is 4.23. The summed E-state index contributed by atoms with van der Waals surface area (Å²) in [5, 5.41) is 2.72. The lowest BCUT2D eigenvalue weighted by molar-refractivity contribution is -0.141. The maximum absolute atomic E-state index is 13.7. The van der Waals surface area contributed by atoms with Gasteiger partial charge in [-0.15, -0.1) is 0 Å². The average molecular weight is 402 g/mol. The molecule has 6 nitrogen and oxygen atoms in total. The number of amides is 1. The van der Waals surface area contributed by atoms with E-state index in [0.29, 0.717) is 11.3 Å². The summed E-state index contributed by atoms with van der Waals surface area (Å²) in [6, 6.07) is 5.71. The fourth-order valence-corrected chi connectivity index (χ4v) is 3.07. The summed E-state index contributed by atoms with van der Waals surface area (Å²) in [7, 11) is 1.29. The highest BCUT2D eigenvalue weighted by Crippen LogP contribution is 2.29. The number of carbonyl (C=O) groups excluding carboxylic acids is 2. The molecule has 0 spiro atoms. The number of ether oxygens (including phenoxy) is 2. The summed E-state index contributed by atoms with van der Waals surface area (Å²) in [5.41, 5.74) is 2.91. The van der Waals surface area contributed by atoms with Gasteiger partial charge >= 0.3 is 12.1 Å². The molecular formula is C22H27FN2O4. The second kappa shape index (κ2) is 9.03. The van der Waals surface area contributed by atoms with Crippen LogP contribution in [-0.4, -0.2) is 29.8 Å². The Balaban J connectivity index is 2.40. The monoisotopic (exact) mass is 402 g/mol. The van der Waals surface area contributed by atoms with Crippen LogP contribution in [0.2, 0.25) is 0 Å². The number of alkyl carbamates (subject to hydrolysis) is 1. The van der Waals surface area contributed by atoms with Gasteiger partial charge in [-0.1, -0.05) is 0 Å². The second-order valence-electron chi connectivity index (χ2n) is 7.87. The molecule has 0 unspecified atom stereocenters. The van der Waals surface area contributed by atoms with Gasteiger partial charge in [-0.25, -0.2) is 9.18 Å². The van der Waals surface area contributed by atoms with Gasteiger partial charge in [0.2, 0.25) is 0 Å². The average Bonchev–Trinajstić information content (AvgIpc) is 2.58. The van der Waals surface area contributed by atoms with E-state index in [1.165, 1.54) is 19.2 Å². The number of carbonyl (C=O) groups is 2. The molecule has 1 aromatic carbocycles. The van der Waals surface area contributed by atoms with Crippen molar-refractivity contribution in [3.63, 3.8) is 0 Å². The number of nitrogens with one attached hydrogen (secondary N) is 1. The minimum Gasteiger partial charge on any atom is -0.469 e. The molecule has 0 bridgehead atoms. The van der Waals surface area contributed by atoms with Crippen LogP contribution in [0.5, 0.6) is 0 Å². The SMILES string of the molecule is COC(=O)C[C@H](NC(=O)OC(C)(C)C)c1ccnc(-c2c(C)cc(F)cc2C)c1. The van der Waals surface area contributed by atoms with Crippen LogP contribution >= 0.6 is 0 Å². The van der Waals surface area contributed by atoms with E-state index in [9.17, 15) is 14.0 Å². The molecule has 1 amide bonds. The molecule has 156 valence electrons. The summed E-state index contributed by atoms with van der Waals surface area (Å²) < 4.78 is 23.7. The molecule has 0 fully saturated rings. The van der Waals surface area contributed by atoms with Crippen molar-refractivity contribution in [3.05, 3.63) is 53.0 Å². The molecule has 2 aromatic rings. The Labute approximate surface area is 170 Å². The Morgan fingerprint density at radius 1 is 1.17 bits per heavy atom. The smallest absolute Gasteiger partial charge is 0.408 e. The van der Waals surface area contributed by atoms with Gasteiger partial charge in [0, 0.05) is 11.8 Å². The van der Waals surface area contributed by atoms with E-state index < -0.39 is 23.7 Å².